The fourth-order valence-electron chi connectivity index (χ4n) is 1.03. The molecule has 14 heavy (non-hydrogen) atoms. The molecule has 0 atom stereocenters. The van der Waals surface area contributed by atoms with Gasteiger partial charge in [0.2, 0.25) is 0 Å². The first-order valence-corrected chi connectivity index (χ1v) is 4.51. The maximum atomic E-state index is 5.71. The second-order valence-corrected chi connectivity index (χ2v) is 3.16. The average Bonchev–Trinajstić information content (AvgIpc) is 2.23. The predicted molar refractivity (Wildman–Crippen MR) is 56.8 cm³/mol. The standard InChI is InChI=1S/C10H8ClN3/c11-8-3-4-10(13-6-8)14-9-2-1-5-12-7-9/h1-7H,(H,13,14). The summed E-state index contributed by atoms with van der Waals surface area (Å²) in [6.07, 6.45) is 5.05. The Labute approximate surface area is 86.8 Å². The molecule has 2 heterocycles. The summed E-state index contributed by atoms with van der Waals surface area (Å²) in [4.78, 5) is 8.08. The third kappa shape index (κ3) is 2.20. The van der Waals surface area contributed by atoms with Crippen LogP contribution in [-0.4, -0.2) is 9.97 Å². The van der Waals surface area contributed by atoms with E-state index in [1.807, 2.05) is 18.2 Å². The number of anilines is 2. The van der Waals surface area contributed by atoms with E-state index in [9.17, 15) is 0 Å². The van der Waals surface area contributed by atoms with Gasteiger partial charge in [-0.05, 0) is 24.3 Å². The van der Waals surface area contributed by atoms with E-state index in [2.05, 4.69) is 15.3 Å². The van der Waals surface area contributed by atoms with Crippen molar-refractivity contribution in [3.8, 4) is 0 Å². The third-order valence-corrected chi connectivity index (χ3v) is 1.88. The fourth-order valence-corrected chi connectivity index (χ4v) is 1.15. The number of hydrogen-bond donors (Lipinski definition) is 1. The SMILES string of the molecule is Clc1ccc(Nc2cccnc2)nc1. The summed E-state index contributed by atoms with van der Waals surface area (Å²) in [5, 5.41) is 3.73. The van der Waals surface area contributed by atoms with Crippen LogP contribution in [0.25, 0.3) is 0 Å². The van der Waals surface area contributed by atoms with Crippen LogP contribution < -0.4 is 5.32 Å². The Hall–Kier alpha value is -1.61. The van der Waals surface area contributed by atoms with Crippen LogP contribution in [-0.2, 0) is 0 Å². The highest BCUT2D eigenvalue weighted by atomic mass is 35.5. The molecule has 0 spiro atoms. The molecule has 0 saturated heterocycles. The fraction of sp³-hybridized carbons (Fsp3) is 0. The molecule has 0 fully saturated rings. The van der Waals surface area contributed by atoms with Crippen molar-refractivity contribution in [2.24, 2.45) is 0 Å². The molecular formula is C10H8ClN3. The molecule has 3 nitrogen and oxygen atoms in total. The summed E-state index contributed by atoms with van der Waals surface area (Å²) in [5.41, 5.74) is 0.905. The van der Waals surface area contributed by atoms with Gasteiger partial charge in [-0.25, -0.2) is 4.98 Å². The van der Waals surface area contributed by atoms with Crippen molar-refractivity contribution in [3.63, 3.8) is 0 Å². The Morgan fingerprint density at radius 3 is 2.71 bits per heavy atom. The minimum atomic E-state index is 0.627. The van der Waals surface area contributed by atoms with Crippen LogP contribution in [0.2, 0.25) is 5.02 Å². The molecule has 0 unspecified atom stereocenters. The molecule has 2 aromatic rings. The van der Waals surface area contributed by atoms with Crippen molar-refractivity contribution < 1.29 is 0 Å². The number of rotatable bonds is 2. The number of nitrogens with one attached hydrogen (secondary N) is 1. The van der Waals surface area contributed by atoms with Crippen molar-refractivity contribution in [1.29, 1.82) is 0 Å². The van der Waals surface area contributed by atoms with Crippen LogP contribution in [0, 0.1) is 0 Å². The van der Waals surface area contributed by atoms with E-state index in [1.54, 1.807) is 24.7 Å². The second kappa shape index (κ2) is 4.07. The van der Waals surface area contributed by atoms with Crippen LogP contribution in [0.3, 0.4) is 0 Å². The molecule has 0 saturated carbocycles. The third-order valence-electron chi connectivity index (χ3n) is 1.66. The zero-order valence-electron chi connectivity index (χ0n) is 7.31. The normalized spacial score (nSPS) is 9.79. The number of nitrogens with zero attached hydrogens (tertiary/aromatic N) is 2. The van der Waals surface area contributed by atoms with Crippen LogP contribution >= 0.6 is 11.6 Å². The van der Waals surface area contributed by atoms with E-state index < -0.39 is 0 Å². The molecule has 0 amide bonds. The van der Waals surface area contributed by atoms with Crippen molar-refractivity contribution in [2.45, 2.75) is 0 Å². The van der Waals surface area contributed by atoms with Gasteiger partial charge in [0.15, 0.2) is 0 Å². The van der Waals surface area contributed by atoms with Gasteiger partial charge in [0.1, 0.15) is 5.82 Å². The molecule has 0 aliphatic rings. The minimum absolute atomic E-state index is 0.627. The molecular weight excluding hydrogens is 198 g/mol. The minimum Gasteiger partial charge on any atom is -0.339 e. The molecule has 0 aliphatic heterocycles. The van der Waals surface area contributed by atoms with E-state index in [1.165, 1.54) is 0 Å². The molecule has 2 rings (SSSR count). The summed E-state index contributed by atoms with van der Waals surface area (Å²) < 4.78 is 0. The molecule has 70 valence electrons. The number of pyridine rings is 2. The maximum absolute atomic E-state index is 5.71. The monoisotopic (exact) mass is 205 g/mol. The zero-order chi connectivity index (χ0) is 9.80. The summed E-state index contributed by atoms with van der Waals surface area (Å²) >= 11 is 5.71. The predicted octanol–water partition coefficient (Wildman–Crippen LogP) is 2.87. The molecule has 0 bridgehead atoms. The van der Waals surface area contributed by atoms with E-state index in [0.717, 1.165) is 11.5 Å². The van der Waals surface area contributed by atoms with E-state index in [-0.39, 0.29) is 0 Å². The Morgan fingerprint density at radius 1 is 1.14 bits per heavy atom. The number of hydrogen-bond acceptors (Lipinski definition) is 3. The van der Waals surface area contributed by atoms with Crippen molar-refractivity contribution >= 4 is 23.1 Å². The Bertz CT molecular complexity index is 399. The maximum Gasteiger partial charge on any atom is 0.130 e. The first-order valence-electron chi connectivity index (χ1n) is 4.13. The summed E-state index contributed by atoms with van der Waals surface area (Å²) in [7, 11) is 0. The lowest BCUT2D eigenvalue weighted by atomic mass is 10.4. The Morgan fingerprint density at radius 2 is 2.07 bits per heavy atom. The van der Waals surface area contributed by atoms with E-state index in [4.69, 9.17) is 11.6 Å². The highest BCUT2D eigenvalue weighted by molar-refractivity contribution is 6.30. The van der Waals surface area contributed by atoms with E-state index >= 15 is 0 Å². The lowest BCUT2D eigenvalue weighted by molar-refractivity contribution is 1.28. The van der Waals surface area contributed by atoms with Gasteiger partial charge in [-0.1, -0.05) is 11.6 Å². The van der Waals surface area contributed by atoms with Crippen molar-refractivity contribution in [2.75, 3.05) is 5.32 Å². The molecule has 1 N–H and O–H groups in total. The van der Waals surface area contributed by atoms with Gasteiger partial charge < -0.3 is 5.32 Å². The van der Waals surface area contributed by atoms with Gasteiger partial charge in [0, 0.05) is 12.4 Å². The highest BCUT2D eigenvalue weighted by Crippen LogP contribution is 2.14. The average molecular weight is 206 g/mol. The molecule has 4 heteroatoms. The first kappa shape index (κ1) is 8.97. The number of aromatic nitrogens is 2. The van der Waals surface area contributed by atoms with Gasteiger partial charge in [0.25, 0.3) is 0 Å². The van der Waals surface area contributed by atoms with Gasteiger partial charge in [-0.3, -0.25) is 4.98 Å². The Kier molecular flexibility index (Phi) is 2.60. The summed E-state index contributed by atoms with van der Waals surface area (Å²) in [5.74, 6) is 0.752. The molecule has 0 radical (unpaired) electrons. The number of halogens is 1. The van der Waals surface area contributed by atoms with Crippen LogP contribution in [0.1, 0.15) is 0 Å². The van der Waals surface area contributed by atoms with Gasteiger partial charge >= 0.3 is 0 Å². The van der Waals surface area contributed by atoms with Crippen LogP contribution in [0.5, 0.6) is 0 Å². The van der Waals surface area contributed by atoms with Crippen molar-refractivity contribution in [1.82, 2.24) is 9.97 Å². The smallest absolute Gasteiger partial charge is 0.130 e. The summed E-state index contributed by atoms with van der Waals surface area (Å²) in [6, 6.07) is 7.38. The lowest BCUT2D eigenvalue weighted by Crippen LogP contribution is -1.92. The molecule has 0 aromatic carbocycles. The van der Waals surface area contributed by atoms with Gasteiger partial charge in [0.05, 0.1) is 16.9 Å². The summed E-state index contributed by atoms with van der Waals surface area (Å²) in [6.45, 7) is 0. The van der Waals surface area contributed by atoms with Gasteiger partial charge in [-0.15, -0.1) is 0 Å². The zero-order valence-corrected chi connectivity index (χ0v) is 8.07. The highest BCUT2D eigenvalue weighted by Gasteiger charge is 1.94. The molecule has 2 aromatic heterocycles. The van der Waals surface area contributed by atoms with Crippen molar-refractivity contribution in [3.05, 3.63) is 47.9 Å². The van der Waals surface area contributed by atoms with E-state index in [0.29, 0.717) is 5.02 Å². The second-order valence-electron chi connectivity index (χ2n) is 2.73. The quantitative estimate of drug-likeness (QED) is 0.819. The largest absolute Gasteiger partial charge is 0.339 e. The topological polar surface area (TPSA) is 37.8 Å². The van der Waals surface area contributed by atoms with Crippen LogP contribution in [0.15, 0.2) is 42.9 Å². The first-order chi connectivity index (χ1) is 6.84. The molecule has 0 aliphatic carbocycles. The van der Waals surface area contributed by atoms with Crippen LogP contribution in [0.4, 0.5) is 11.5 Å². The lowest BCUT2D eigenvalue weighted by Gasteiger charge is -2.03. The Balaban J connectivity index is 2.16. The van der Waals surface area contributed by atoms with Gasteiger partial charge in [-0.2, -0.15) is 0 Å².